The Morgan fingerprint density at radius 2 is 1.58 bits per heavy atom. The fraction of sp³-hybridized carbons (Fsp3) is 0.111. The van der Waals surface area contributed by atoms with Crippen LogP contribution in [0.1, 0.15) is 0 Å². The number of benzene rings is 2. The zero-order chi connectivity index (χ0) is 18.5. The third-order valence-corrected chi connectivity index (χ3v) is 4.36. The van der Waals surface area contributed by atoms with Crippen LogP contribution < -0.4 is 20.1 Å². The number of methoxy groups -OCH3 is 2. The van der Waals surface area contributed by atoms with Gasteiger partial charge in [0.15, 0.2) is 11.5 Å². The van der Waals surface area contributed by atoms with Crippen molar-refractivity contribution in [3.05, 3.63) is 58.8 Å². The number of anilines is 4. The molecule has 134 valence electrons. The van der Waals surface area contributed by atoms with Crippen LogP contribution in [0.2, 0.25) is 10.0 Å². The first-order chi connectivity index (χ1) is 12.6. The molecule has 2 N–H and O–H groups in total. The van der Waals surface area contributed by atoms with Crippen molar-refractivity contribution in [2.75, 3.05) is 24.9 Å². The van der Waals surface area contributed by atoms with Crippen LogP contribution in [0.3, 0.4) is 0 Å². The van der Waals surface area contributed by atoms with E-state index in [2.05, 4.69) is 20.6 Å². The fourth-order valence-corrected chi connectivity index (χ4v) is 2.64. The quantitative estimate of drug-likeness (QED) is 0.595. The van der Waals surface area contributed by atoms with Gasteiger partial charge in [-0.3, -0.25) is 0 Å². The molecule has 0 saturated heterocycles. The molecule has 0 aliphatic rings. The minimum atomic E-state index is 0.433. The molecule has 0 aliphatic carbocycles. The summed E-state index contributed by atoms with van der Waals surface area (Å²) in [6.07, 6.45) is 1.45. The van der Waals surface area contributed by atoms with E-state index in [1.54, 1.807) is 32.4 Å². The van der Waals surface area contributed by atoms with E-state index in [0.29, 0.717) is 38.9 Å². The van der Waals surface area contributed by atoms with Gasteiger partial charge in [-0.15, -0.1) is 0 Å². The van der Waals surface area contributed by atoms with Crippen LogP contribution >= 0.6 is 23.2 Å². The summed E-state index contributed by atoms with van der Waals surface area (Å²) in [7, 11) is 3.18. The predicted octanol–water partition coefficient (Wildman–Crippen LogP) is 5.29. The van der Waals surface area contributed by atoms with Gasteiger partial charge in [0.25, 0.3) is 0 Å². The lowest BCUT2D eigenvalue weighted by Crippen LogP contribution is -1.99. The van der Waals surface area contributed by atoms with E-state index in [0.717, 1.165) is 5.69 Å². The first-order valence-corrected chi connectivity index (χ1v) is 8.38. The molecule has 3 aromatic rings. The highest BCUT2D eigenvalue weighted by molar-refractivity contribution is 6.43. The minimum absolute atomic E-state index is 0.433. The fourth-order valence-electron chi connectivity index (χ4n) is 2.29. The van der Waals surface area contributed by atoms with Gasteiger partial charge in [-0.05, 0) is 24.3 Å². The molecule has 3 rings (SSSR count). The average molecular weight is 391 g/mol. The van der Waals surface area contributed by atoms with Crippen LogP contribution in [-0.4, -0.2) is 24.2 Å². The van der Waals surface area contributed by atoms with Gasteiger partial charge in [-0.2, -0.15) is 0 Å². The zero-order valence-corrected chi connectivity index (χ0v) is 15.6. The van der Waals surface area contributed by atoms with Gasteiger partial charge in [0.2, 0.25) is 0 Å². The Hall–Kier alpha value is -2.70. The highest BCUT2D eigenvalue weighted by Gasteiger charge is 2.08. The molecule has 0 saturated carbocycles. The van der Waals surface area contributed by atoms with Crippen LogP contribution in [0.15, 0.2) is 48.8 Å². The van der Waals surface area contributed by atoms with Crippen molar-refractivity contribution < 1.29 is 9.47 Å². The summed E-state index contributed by atoms with van der Waals surface area (Å²) in [4.78, 5) is 8.42. The van der Waals surface area contributed by atoms with Crippen molar-refractivity contribution in [2.45, 2.75) is 0 Å². The first-order valence-electron chi connectivity index (χ1n) is 7.63. The van der Waals surface area contributed by atoms with Crippen molar-refractivity contribution in [3.63, 3.8) is 0 Å². The Labute approximate surface area is 161 Å². The molecule has 0 fully saturated rings. The Morgan fingerprint density at radius 1 is 0.846 bits per heavy atom. The molecule has 8 heteroatoms. The molecule has 26 heavy (non-hydrogen) atoms. The number of aromatic nitrogens is 2. The molecule has 1 heterocycles. The molecule has 0 unspecified atom stereocenters. The summed E-state index contributed by atoms with van der Waals surface area (Å²) in [5.41, 5.74) is 1.46. The lowest BCUT2D eigenvalue weighted by molar-refractivity contribution is 0.355. The Bertz CT molecular complexity index is 921. The molecule has 0 aliphatic heterocycles. The van der Waals surface area contributed by atoms with Crippen LogP contribution in [0.25, 0.3) is 0 Å². The van der Waals surface area contributed by atoms with Gasteiger partial charge < -0.3 is 20.1 Å². The zero-order valence-electron chi connectivity index (χ0n) is 14.1. The number of halogens is 2. The van der Waals surface area contributed by atoms with Crippen molar-refractivity contribution in [3.8, 4) is 11.5 Å². The maximum atomic E-state index is 6.20. The van der Waals surface area contributed by atoms with Gasteiger partial charge in [-0.1, -0.05) is 29.3 Å². The molecule has 0 spiro atoms. The van der Waals surface area contributed by atoms with Crippen molar-refractivity contribution in [2.24, 2.45) is 0 Å². The number of rotatable bonds is 6. The Balaban J connectivity index is 1.80. The molecule has 0 bridgehead atoms. The highest BCUT2D eigenvalue weighted by atomic mass is 35.5. The lowest BCUT2D eigenvalue weighted by Gasteiger charge is -2.12. The number of hydrogen-bond donors (Lipinski definition) is 2. The van der Waals surface area contributed by atoms with Gasteiger partial charge in [0.1, 0.15) is 18.0 Å². The number of ether oxygens (including phenoxy) is 2. The summed E-state index contributed by atoms with van der Waals surface area (Å²) >= 11 is 12.2. The third kappa shape index (κ3) is 4.09. The summed E-state index contributed by atoms with van der Waals surface area (Å²) < 4.78 is 10.5. The average Bonchev–Trinajstić information content (AvgIpc) is 2.65. The van der Waals surface area contributed by atoms with Crippen molar-refractivity contribution in [1.29, 1.82) is 0 Å². The van der Waals surface area contributed by atoms with E-state index in [9.17, 15) is 0 Å². The van der Waals surface area contributed by atoms with Crippen molar-refractivity contribution >= 4 is 46.2 Å². The van der Waals surface area contributed by atoms with Gasteiger partial charge in [-0.25, -0.2) is 9.97 Å². The lowest BCUT2D eigenvalue weighted by atomic mass is 10.2. The largest absolute Gasteiger partial charge is 0.493 e. The second-order valence-electron chi connectivity index (χ2n) is 5.21. The molecule has 0 amide bonds. The summed E-state index contributed by atoms with van der Waals surface area (Å²) in [6.45, 7) is 0. The number of nitrogens with zero attached hydrogens (tertiary/aromatic N) is 2. The van der Waals surface area contributed by atoms with Crippen molar-refractivity contribution in [1.82, 2.24) is 9.97 Å². The maximum Gasteiger partial charge on any atom is 0.162 e. The van der Waals surface area contributed by atoms with Crippen LogP contribution in [0.4, 0.5) is 23.0 Å². The molecule has 2 aromatic carbocycles. The SMILES string of the molecule is COc1ccc(Nc2cc(Nc3cccc(Cl)c3Cl)ncn2)cc1OC. The Kier molecular flexibility index (Phi) is 5.65. The van der Waals surface area contributed by atoms with Gasteiger partial charge in [0.05, 0.1) is 30.0 Å². The van der Waals surface area contributed by atoms with E-state index in [-0.39, 0.29) is 0 Å². The van der Waals surface area contributed by atoms with Crippen LogP contribution in [0, 0.1) is 0 Å². The highest BCUT2D eigenvalue weighted by Crippen LogP contribution is 2.33. The van der Waals surface area contributed by atoms with Gasteiger partial charge >= 0.3 is 0 Å². The predicted molar refractivity (Wildman–Crippen MR) is 105 cm³/mol. The van der Waals surface area contributed by atoms with E-state index < -0.39 is 0 Å². The molecule has 0 atom stereocenters. The summed E-state index contributed by atoms with van der Waals surface area (Å²) in [5.74, 6) is 2.45. The second kappa shape index (κ2) is 8.12. The third-order valence-electron chi connectivity index (χ3n) is 3.54. The van der Waals surface area contributed by atoms with E-state index in [1.807, 2.05) is 24.3 Å². The van der Waals surface area contributed by atoms with Crippen LogP contribution in [-0.2, 0) is 0 Å². The molecule has 1 aromatic heterocycles. The normalized spacial score (nSPS) is 10.3. The molecular formula is C18H16Cl2N4O2. The number of hydrogen-bond acceptors (Lipinski definition) is 6. The summed E-state index contributed by atoms with van der Waals surface area (Å²) in [6, 6.07) is 12.6. The smallest absolute Gasteiger partial charge is 0.162 e. The van der Waals surface area contributed by atoms with E-state index in [1.165, 1.54) is 6.33 Å². The molecule has 0 radical (unpaired) electrons. The van der Waals surface area contributed by atoms with E-state index >= 15 is 0 Å². The van der Waals surface area contributed by atoms with E-state index in [4.69, 9.17) is 32.7 Å². The molecule has 6 nitrogen and oxygen atoms in total. The Morgan fingerprint density at radius 3 is 2.31 bits per heavy atom. The minimum Gasteiger partial charge on any atom is -0.493 e. The van der Waals surface area contributed by atoms with Gasteiger partial charge in [0, 0.05) is 17.8 Å². The second-order valence-corrected chi connectivity index (χ2v) is 5.99. The summed E-state index contributed by atoms with van der Waals surface area (Å²) in [5, 5.41) is 7.22. The van der Waals surface area contributed by atoms with Crippen LogP contribution in [0.5, 0.6) is 11.5 Å². The standard InChI is InChI=1S/C18H16Cl2N4O2/c1-25-14-7-6-11(8-15(14)26-2)23-16-9-17(22-10-21-16)24-13-5-3-4-12(19)18(13)20/h3-10H,1-2H3,(H2,21,22,23,24). The first kappa shape index (κ1) is 18.1. The monoisotopic (exact) mass is 390 g/mol. The molecular weight excluding hydrogens is 375 g/mol. The number of nitrogens with one attached hydrogen (secondary N) is 2. The topological polar surface area (TPSA) is 68.3 Å². The maximum absolute atomic E-state index is 6.20.